The molecule has 1 aromatic heterocycles. The standard InChI is InChI=1S/C12H12ClN3O/c1-8-2-3-10(11(13)4-8)12(17)15-6-9-5-14-7-16-9/h2-5,7H,6H2,1H3,(H,14,16)(H,15,17). The van der Waals surface area contributed by atoms with Gasteiger partial charge in [-0.1, -0.05) is 17.7 Å². The molecule has 0 aliphatic carbocycles. The van der Waals surface area contributed by atoms with Crippen LogP contribution < -0.4 is 5.32 Å². The molecule has 0 radical (unpaired) electrons. The number of nitrogens with one attached hydrogen (secondary N) is 2. The average Bonchev–Trinajstić information content (AvgIpc) is 2.78. The highest BCUT2D eigenvalue weighted by Crippen LogP contribution is 2.17. The van der Waals surface area contributed by atoms with Crippen molar-refractivity contribution >= 4 is 17.5 Å². The molecule has 0 aliphatic rings. The largest absolute Gasteiger partial charge is 0.347 e. The van der Waals surface area contributed by atoms with E-state index < -0.39 is 0 Å². The van der Waals surface area contributed by atoms with E-state index in [1.54, 1.807) is 24.7 Å². The Hall–Kier alpha value is -1.81. The molecule has 2 N–H and O–H groups in total. The molecule has 0 atom stereocenters. The lowest BCUT2D eigenvalue weighted by molar-refractivity contribution is 0.0950. The van der Waals surface area contributed by atoms with Crippen LogP contribution in [0.5, 0.6) is 0 Å². The van der Waals surface area contributed by atoms with Crippen LogP contribution in [-0.4, -0.2) is 15.9 Å². The van der Waals surface area contributed by atoms with Gasteiger partial charge in [-0.2, -0.15) is 0 Å². The van der Waals surface area contributed by atoms with E-state index in [1.165, 1.54) is 0 Å². The topological polar surface area (TPSA) is 57.8 Å². The molecule has 2 aromatic rings. The zero-order valence-corrected chi connectivity index (χ0v) is 10.1. The van der Waals surface area contributed by atoms with E-state index in [2.05, 4.69) is 15.3 Å². The first-order chi connectivity index (χ1) is 8.16. The van der Waals surface area contributed by atoms with Gasteiger partial charge in [0, 0.05) is 6.20 Å². The van der Waals surface area contributed by atoms with E-state index in [1.807, 2.05) is 13.0 Å². The van der Waals surface area contributed by atoms with E-state index >= 15 is 0 Å². The van der Waals surface area contributed by atoms with Crippen molar-refractivity contribution < 1.29 is 4.79 Å². The zero-order chi connectivity index (χ0) is 12.3. The predicted molar refractivity (Wildman–Crippen MR) is 65.9 cm³/mol. The number of carbonyl (C=O) groups is 1. The zero-order valence-electron chi connectivity index (χ0n) is 9.33. The maximum atomic E-state index is 11.8. The number of nitrogens with zero attached hydrogens (tertiary/aromatic N) is 1. The number of aromatic amines is 1. The molecule has 1 aromatic carbocycles. The SMILES string of the molecule is Cc1ccc(C(=O)NCc2cnc[nH]2)c(Cl)c1. The Bertz CT molecular complexity index is 523. The smallest absolute Gasteiger partial charge is 0.253 e. The van der Waals surface area contributed by atoms with Crippen molar-refractivity contribution in [2.24, 2.45) is 0 Å². The van der Waals surface area contributed by atoms with Crippen molar-refractivity contribution in [1.82, 2.24) is 15.3 Å². The third-order valence-electron chi connectivity index (χ3n) is 2.36. The van der Waals surface area contributed by atoms with Gasteiger partial charge in [0.1, 0.15) is 0 Å². The van der Waals surface area contributed by atoms with Gasteiger partial charge in [-0.25, -0.2) is 4.98 Å². The Morgan fingerprint density at radius 3 is 3.00 bits per heavy atom. The van der Waals surface area contributed by atoms with Crippen LogP contribution in [0.25, 0.3) is 0 Å². The minimum atomic E-state index is -0.190. The number of amides is 1. The number of H-pyrrole nitrogens is 1. The van der Waals surface area contributed by atoms with Crippen molar-refractivity contribution in [2.45, 2.75) is 13.5 Å². The molecule has 17 heavy (non-hydrogen) atoms. The Morgan fingerprint density at radius 2 is 2.35 bits per heavy atom. The first kappa shape index (κ1) is 11.7. The number of carbonyl (C=O) groups excluding carboxylic acids is 1. The molecule has 88 valence electrons. The summed E-state index contributed by atoms with van der Waals surface area (Å²) in [6, 6.07) is 5.35. The van der Waals surface area contributed by atoms with Crippen molar-refractivity contribution in [2.75, 3.05) is 0 Å². The summed E-state index contributed by atoms with van der Waals surface area (Å²) < 4.78 is 0. The van der Waals surface area contributed by atoms with Gasteiger partial charge in [-0.3, -0.25) is 4.79 Å². The molecular weight excluding hydrogens is 238 g/mol. The van der Waals surface area contributed by atoms with Crippen LogP contribution in [0.1, 0.15) is 21.6 Å². The molecule has 4 nitrogen and oxygen atoms in total. The first-order valence-corrected chi connectivity index (χ1v) is 5.56. The summed E-state index contributed by atoms with van der Waals surface area (Å²) in [5, 5.41) is 3.23. The molecule has 0 saturated carbocycles. The second-order valence-corrected chi connectivity index (χ2v) is 4.15. The summed E-state index contributed by atoms with van der Waals surface area (Å²) in [7, 11) is 0. The van der Waals surface area contributed by atoms with E-state index in [4.69, 9.17) is 11.6 Å². The van der Waals surface area contributed by atoms with E-state index in [0.29, 0.717) is 17.1 Å². The van der Waals surface area contributed by atoms with Gasteiger partial charge in [0.2, 0.25) is 0 Å². The number of halogens is 1. The van der Waals surface area contributed by atoms with Crippen LogP contribution >= 0.6 is 11.6 Å². The molecule has 1 amide bonds. The normalized spacial score (nSPS) is 10.2. The molecule has 0 unspecified atom stereocenters. The summed E-state index contributed by atoms with van der Waals surface area (Å²) in [6.45, 7) is 2.33. The second-order valence-electron chi connectivity index (χ2n) is 3.74. The third-order valence-corrected chi connectivity index (χ3v) is 2.68. The van der Waals surface area contributed by atoms with Crippen molar-refractivity contribution in [3.63, 3.8) is 0 Å². The Kier molecular flexibility index (Phi) is 3.44. The summed E-state index contributed by atoms with van der Waals surface area (Å²) in [5.41, 5.74) is 2.36. The minimum absolute atomic E-state index is 0.190. The molecule has 0 spiro atoms. The number of rotatable bonds is 3. The Labute approximate surface area is 104 Å². The Balaban J connectivity index is 2.04. The molecule has 0 saturated heterocycles. The molecule has 0 bridgehead atoms. The van der Waals surface area contributed by atoms with Gasteiger partial charge < -0.3 is 10.3 Å². The van der Waals surface area contributed by atoms with E-state index in [9.17, 15) is 4.79 Å². The number of aryl methyl sites for hydroxylation is 1. The van der Waals surface area contributed by atoms with Crippen molar-refractivity contribution in [3.8, 4) is 0 Å². The van der Waals surface area contributed by atoms with Crippen LogP contribution in [-0.2, 0) is 6.54 Å². The number of aromatic nitrogens is 2. The Morgan fingerprint density at radius 1 is 1.53 bits per heavy atom. The van der Waals surface area contributed by atoms with Gasteiger partial charge in [0.25, 0.3) is 5.91 Å². The fourth-order valence-electron chi connectivity index (χ4n) is 1.46. The van der Waals surface area contributed by atoms with Crippen LogP contribution in [0.15, 0.2) is 30.7 Å². The molecule has 1 heterocycles. The molecule has 0 aliphatic heterocycles. The molecule has 5 heteroatoms. The average molecular weight is 250 g/mol. The third kappa shape index (κ3) is 2.85. The lowest BCUT2D eigenvalue weighted by atomic mass is 10.1. The fraction of sp³-hybridized carbons (Fsp3) is 0.167. The second kappa shape index (κ2) is 5.01. The summed E-state index contributed by atoms with van der Waals surface area (Å²) >= 11 is 6.00. The number of hydrogen-bond acceptors (Lipinski definition) is 2. The van der Waals surface area contributed by atoms with E-state index in [0.717, 1.165) is 11.3 Å². The number of benzene rings is 1. The van der Waals surface area contributed by atoms with Gasteiger partial charge >= 0.3 is 0 Å². The van der Waals surface area contributed by atoms with Crippen LogP contribution in [0.2, 0.25) is 5.02 Å². The van der Waals surface area contributed by atoms with Gasteiger partial charge in [0.05, 0.1) is 29.2 Å². The van der Waals surface area contributed by atoms with Crippen molar-refractivity contribution in [3.05, 3.63) is 52.6 Å². The highest BCUT2D eigenvalue weighted by molar-refractivity contribution is 6.33. The van der Waals surface area contributed by atoms with Gasteiger partial charge in [-0.15, -0.1) is 0 Å². The number of imidazole rings is 1. The maximum absolute atomic E-state index is 11.8. The minimum Gasteiger partial charge on any atom is -0.347 e. The number of hydrogen-bond donors (Lipinski definition) is 2. The summed E-state index contributed by atoms with van der Waals surface area (Å²) in [6.07, 6.45) is 3.23. The highest BCUT2D eigenvalue weighted by atomic mass is 35.5. The van der Waals surface area contributed by atoms with E-state index in [-0.39, 0.29) is 5.91 Å². The summed E-state index contributed by atoms with van der Waals surface area (Å²) in [4.78, 5) is 18.6. The molecule has 2 rings (SSSR count). The lowest BCUT2D eigenvalue weighted by Gasteiger charge is -2.06. The van der Waals surface area contributed by atoms with Crippen LogP contribution in [0.3, 0.4) is 0 Å². The fourth-order valence-corrected chi connectivity index (χ4v) is 1.78. The highest BCUT2D eigenvalue weighted by Gasteiger charge is 2.09. The molecule has 0 fully saturated rings. The first-order valence-electron chi connectivity index (χ1n) is 5.18. The van der Waals surface area contributed by atoms with Crippen LogP contribution in [0.4, 0.5) is 0 Å². The van der Waals surface area contributed by atoms with Gasteiger partial charge in [0.15, 0.2) is 0 Å². The quantitative estimate of drug-likeness (QED) is 0.877. The summed E-state index contributed by atoms with van der Waals surface area (Å²) in [5.74, 6) is -0.190. The van der Waals surface area contributed by atoms with Crippen LogP contribution in [0, 0.1) is 6.92 Å². The lowest BCUT2D eigenvalue weighted by Crippen LogP contribution is -2.23. The molecular formula is C12H12ClN3O. The predicted octanol–water partition coefficient (Wildman–Crippen LogP) is 2.30. The van der Waals surface area contributed by atoms with Gasteiger partial charge in [-0.05, 0) is 24.6 Å². The van der Waals surface area contributed by atoms with Crippen molar-refractivity contribution in [1.29, 1.82) is 0 Å². The monoisotopic (exact) mass is 249 g/mol. The maximum Gasteiger partial charge on any atom is 0.253 e.